The molecule has 1 amide bonds. The fraction of sp³-hybridized carbons (Fsp3) is 0.217. The Morgan fingerprint density at radius 2 is 1.73 bits per heavy atom. The molecule has 2 aromatic carbocycles. The highest BCUT2D eigenvalue weighted by Gasteiger charge is 2.14. The number of nitrogens with zero attached hydrogens (tertiary/aromatic N) is 5. The molecular formula is C23H22N6O. The molecule has 1 fully saturated rings. The number of fused-ring (bicyclic) bond motifs is 1. The van der Waals surface area contributed by atoms with Crippen molar-refractivity contribution >= 4 is 28.4 Å². The summed E-state index contributed by atoms with van der Waals surface area (Å²) in [5.74, 6) is 0.841. The quantitative estimate of drug-likeness (QED) is 0.554. The van der Waals surface area contributed by atoms with Crippen LogP contribution in [0, 0.1) is 0 Å². The molecule has 0 aliphatic carbocycles. The van der Waals surface area contributed by atoms with E-state index < -0.39 is 0 Å². The van der Waals surface area contributed by atoms with Crippen LogP contribution in [0.5, 0.6) is 0 Å². The minimum Gasteiger partial charge on any atom is -0.355 e. The third-order valence-corrected chi connectivity index (χ3v) is 5.39. The number of aromatic nitrogens is 4. The van der Waals surface area contributed by atoms with Crippen LogP contribution in [-0.4, -0.2) is 38.7 Å². The van der Waals surface area contributed by atoms with Crippen LogP contribution in [-0.2, 0) is 11.3 Å². The lowest BCUT2D eigenvalue weighted by Gasteiger charge is -2.15. The van der Waals surface area contributed by atoms with Gasteiger partial charge in [-0.2, -0.15) is 0 Å². The summed E-state index contributed by atoms with van der Waals surface area (Å²) in [6.07, 6.45) is 4.12. The first kappa shape index (κ1) is 18.3. The monoisotopic (exact) mass is 398 g/mol. The number of imidazole rings is 1. The third kappa shape index (κ3) is 3.74. The number of amides is 1. The van der Waals surface area contributed by atoms with Gasteiger partial charge in [0.1, 0.15) is 6.54 Å². The van der Waals surface area contributed by atoms with Gasteiger partial charge in [0.25, 0.3) is 0 Å². The summed E-state index contributed by atoms with van der Waals surface area (Å²) in [5, 5.41) is 11.7. The van der Waals surface area contributed by atoms with E-state index in [9.17, 15) is 4.79 Å². The summed E-state index contributed by atoms with van der Waals surface area (Å²) in [6.45, 7) is 2.32. The lowest BCUT2D eigenvalue weighted by molar-refractivity contribution is -0.116. The predicted molar refractivity (Wildman–Crippen MR) is 117 cm³/mol. The predicted octanol–water partition coefficient (Wildman–Crippen LogP) is 3.73. The van der Waals surface area contributed by atoms with E-state index in [-0.39, 0.29) is 12.5 Å². The van der Waals surface area contributed by atoms with E-state index in [1.54, 1.807) is 6.33 Å². The number of hydrogen-bond acceptors (Lipinski definition) is 5. The van der Waals surface area contributed by atoms with Gasteiger partial charge >= 0.3 is 0 Å². The summed E-state index contributed by atoms with van der Waals surface area (Å²) in [7, 11) is 0. The Kier molecular flexibility index (Phi) is 4.85. The van der Waals surface area contributed by atoms with Crippen molar-refractivity contribution in [3.63, 3.8) is 0 Å². The first-order valence-electron chi connectivity index (χ1n) is 10.2. The van der Waals surface area contributed by atoms with Crippen molar-refractivity contribution in [3.05, 3.63) is 67.0 Å². The van der Waals surface area contributed by atoms with E-state index in [1.165, 1.54) is 12.8 Å². The second kappa shape index (κ2) is 7.94. The van der Waals surface area contributed by atoms with E-state index in [2.05, 4.69) is 25.4 Å². The van der Waals surface area contributed by atoms with Crippen LogP contribution >= 0.6 is 0 Å². The molecule has 150 valence electrons. The first-order chi connectivity index (χ1) is 14.8. The van der Waals surface area contributed by atoms with Crippen molar-refractivity contribution < 1.29 is 4.79 Å². The van der Waals surface area contributed by atoms with Crippen molar-refractivity contribution in [2.75, 3.05) is 23.3 Å². The van der Waals surface area contributed by atoms with E-state index >= 15 is 0 Å². The van der Waals surface area contributed by atoms with Crippen molar-refractivity contribution in [2.45, 2.75) is 19.4 Å². The molecule has 0 atom stereocenters. The number of para-hydroxylation sites is 2. The molecule has 1 N–H and O–H groups in total. The van der Waals surface area contributed by atoms with Crippen LogP contribution in [0.1, 0.15) is 12.8 Å². The molecule has 0 bridgehead atoms. The highest BCUT2D eigenvalue weighted by Crippen LogP contribution is 2.22. The van der Waals surface area contributed by atoms with Crippen molar-refractivity contribution in [1.82, 2.24) is 19.7 Å². The van der Waals surface area contributed by atoms with E-state index in [0.717, 1.165) is 46.9 Å². The SMILES string of the molecule is O=C(Cn1cnc2ccccc21)Nc1ccc(-c2ccc(N3CCCC3)nn2)cc1. The Labute approximate surface area is 174 Å². The number of rotatable bonds is 5. The Balaban J connectivity index is 1.24. The molecule has 0 radical (unpaired) electrons. The molecule has 1 saturated heterocycles. The molecular weight excluding hydrogens is 376 g/mol. The third-order valence-electron chi connectivity index (χ3n) is 5.39. The summed E-state index contributed by atoms with van der Waals surface area (Å²) >= 11 is 0. The number of anilines is 2. The van der Waals surface area contributed by atoms with Gasteiger partial charge in [-0.3, -0.25) is 4.79 Å². The number of carbonyl (C=O) groups excluding carboxylic acids is 1. The topological polar surface area (TPSA) is 75.9 Å². The van der Waals surface area contributed by atoms with Crippen molar-refractivity contribution in [2.24, 2.45) is 0 Å². The maximum atomic E-state index is 12.5. The van der Waals surface area contributed by atoms with Gasteiger partial charge in [0.2, 0.25) is 5.91 Å². The van der Waals surface area contributed by atoms with Gasteiger partial charge in [-0.05, 0) is 49.2 Å². The van der Waals surface area contributed by atoms with E-state index in [0.29, 0.717) is 0 Å². The zero-order valence-corrected chi connectivity index (χ0v) is 16.5. The van der Waals surface area contributed by atoms with Crippen LogP contribution in [0.25, 0.3) is 22.3 Å². The summed E-state index contributed by atoms with van der Waals surface area (Å²) in [4.78, 5) is 19.0. The molecule has 5 rings (SSSR count). The van der Waals surface area contributed by atoms with Gasteiger partial charge in [-0.15, -0.1) is 10.2 Å². The minimum atomic E-state index is -0.0966. The van der Waals surface area contributed by atoms with Gasteiger partial charge in [0, 0.05) is 24.3 Å². The molecule has 2 aromatic heterocycles. The Morgan fingerprint density at radius 1 is 0.933 bits per heavy atom. The Bertz CT molecular complexity index is 1160. The van der Waals surface area contributed by atoms with Gasteiger partial charge in [-0.1, -0.05) is 24.3 Å². The molecule has 1 aliphatic heterocycles. The van der Waals surface area contributed by atoms with Crippen molar-refractivity contribution in [1.29, 1.82) is 0 Å². The summed E-state index contributed by atoms with van der Waals surface area (Å²) < 4.78 is 1.84. The lowest BCUT2D eigenvalue weighted by atomic mass is 10.1. The minimum absolute atomic E-state index is 0.0966. The second-order valence-corrected chi connectivity index (χ2v) is 7.46. The van der Waals surface area contributed by atoms with Gasteiger partial charge in [0.05, 0.1) is 23.1 Å². The average Bonchev–Trinajstić information content (AvgIpc) is 3.45. The number of benzene rings is 2. The highest BCUT2D eigenvalue weighted by molar-refractivity contribution is 5.91. The summed E-state index contributed by atoms with van der Waals surface area (Å²) in [5.41, 5.74) is 4.36. The lowest BCUT2D eigenvalue weighted by Crippen LogP contribution is -2.19. The van der Waals surface area contributed by atoms with Gasteiger partial charge < -0.3 is 14.8 Å². The Hall–Kier alpha value is -3.74. The second-order valence-electron chi connectivity index (χ2n) is 7.46. The molecule has 0 saturated carbocycles. The van der Waals surface area contributed by atoms with Crippen LogP contribution < -0.4 is 10.2 Å². The Morgan fingerprint density at radius 3 is 2.50 bits per heavy atom. The van der Waals surface area contributed by atoms with E-state index in [1.807, 2.05) is 65.2 Å². The molecule has 30 heavy (non-hydrogen) atoms. The molecule has 7 nitrogen and oxygen atoms in total. The largest absolute Gasteiger partial charge is 0.355 e. The number of hydrogen-bond donors (Lipinski definition) is 1. The zero-order valence-electron chi connectivity index (χ0n) is 16.5. The standard InChI is InChI=1S/C23H22N6O/c30-23(15-29-16-24-20-5-1-2-6-21(20)29)25-18-9-7-17(8-10-18)19-11-12-22(27-26-19)28-13-3-4-14-28/h1-2,5-12,16H,3-4,13-15H2,(H,25,30). The molecule has 1 aliphatic rings. The fourth-order valence-electron chi connectivity index (χ4n) is 3.81. The molecule has 0 unspecified atom stereocenters. The first-order valence-corrected chi connectivity index (χ1v) is 10.2. The number of carbonyl (C=O) groups is 1. The maximum Gasteiger partial charge on any atom is 0.244 e. The van der Waals surface area contributed by atoms with Crippen LogP contribution in [0.3, 0.4) is 0 Å². The van der Waals surface area contributed by atoms with Crippen LogP contribution in [0.4, 0.5) is 11.5 Å². The maximum absolute atomic E-state index is 12.5. The average molecular weight is 398 g/mol. The van der Waals surface area contributed by atoms with Crippen LogP contribution in [0.15, 0.2) is 67.0 Å². The number of nitrogens with one attached hydrogen (secondary N) is 1. The zero-order chi connectivity index (χ0) is 20.3. The van der Waals surface area contributed by atoms with Gasteiger partial charge in [-0.25, -0.2) is 4.98 Å². The van der Waals surface area contributed by atoms with Gasteiger partial charge in [0.15, 0.2) is 5.82 Å². The van der Waals surface area contributed by atoms with Crippen molar-refractivity contribution in [3.8, 4) is 11.3 Å². The highest BCUT2D eigenvalue weighted by atomic mass is 16.1. The molecule has 4 aromatic rings. The van der Waals surface area contributed by atoms with E-state index in [4.69, 9.17) is 0 Å². The summed E-state index contributed by atoms with van der Waals surface area (Å²) in [6, 6.07) is 19.5. The normalized spacial score (nSPS) is 13.7. The molecule has 0 spiro atoms. The molecule has 3 heterocycles. The molecule has 7 heteroatoms. The fourth-order valence-corrected chi connectivity index (χ4v) is 3.81. The van der Waals surface area contributed by atoms with Crippen LogP contribution in [0.2, 0.25) is 0 Å². The smallest absolute Gasteiger partial charge is 0.244 e.